The molecule has 0 bridgehead atoms. The van der Waals surface area contributed by atoms with Crippen LogP contribution < -0.4 is 5.32 Å². The lowest BCUT2D eigenvalue weighted by Crippen LogP contribution is -2.49. The lowest BCUT2D eigenvalue weighted by Gasteiger charge is -2.38. The van der Waals surface area contributed by atoms with Gasteiger partial charge in [0, 0.05) is 33.7 Å². The van der Waals surface area contributed by atoms with Crippen molar-refractivity contribution in [1.82, 2.24) is 10.2 Å². The third kappa shape index (κ3) is 2.64. The zero-order chi connectivity index (χ0) is 16.0. The number of amides is 2. The molecule has 2 amide bonds. The molecule has 2 unspecified atom stereocenters. The van der Waals surface area contributed by atoms with E-state index >= 15 is 0 Å². The van der Waals surface area contributed by atoms with Gasteiger partial charge in [0.2, 0.25) is 11.8 Å². The molecule has 1 saturated heterocycles. The number of likely N-dealkylation sites (tertiary alicyclic amines) is 1. The van der Waals surface area contributed by atoms with Gasteiger partial charge in [-0.3, -0.25) is 9.59 Å². The van der Waals surface area contributed by atoms with Crippen LogP contribution in [0.3, 0.4) is 0 Å². The molecule has 1 N–H and O–H groups in total. The van der Waals surface area contributed by atoms with E-state index in [1.54, 1.807) is 14.0 Å². The van der Waals surface area contributed by atoms with E-state index in [0.29, 0.717) is 19.0 Å². The minimum atomic E-state index is -0.303. The first-order valence-electron chi connectivity index (χ1n) is 8.50. The Morgan fingerprint density at radius 1 is 1.32 bits per heavy atom. The number of fused-ring (bicyclic) bond motifs is 1. The number of rotatable bonds is 4. The SMILES string of the molecule is COC1(CNC(=O)C23CC2CN(C(C)=O)C3)CCC(C)CC1. The molecule has 2 atom stereocenters. The molecular weight excluding hydrogens is 280 g/mol. The summed E-state index contributed by atoms with van der Waals surface area (Å²) in [6.45, 7) is 5.80. The van der Waals surface area contributed by atoms with Gasteiger partial charge in [0.1, 0.15) is 0 Å². The lowest BCUT2D eigenvalue weighted by molar-refractivity contribution is -0.131. The van der Waals surface area contributed by atoms with E-state index in [1.807, 2.05) is 4.90 Å². The molecule has 5 nitrogen and oxygen atoms in total. The van der Waals surface area contributed by atoms with Gasteiger partial charge in [-0.25, -0.2) is 0 Å². The zero-order valence-electron chi connectivity index (χ0n) is 14.0. The summed E-state index contributed by atoms with van der Waals surface area (Å²) < 4.78 is 5.77. The second kappa shape index (κ2) is 5.52. The van der Waals surface area contributed by atoms with Crippen molar-refractivity contribution < 1.29 is 14.3 Å². The van der Waals surface area contributed by atoms with Crippen molar-refractivity contribution in [3.8, 4) is 0 Å². The van der Waals surface area contributed by atoms with Crippen LogP contribution in [0.1, 0.15) is 46.0 Å². The minimum Gasteiger partial charge on any atom is -0.376 e. The minimum absolute atomic E-state index is 0.0778. The van der Waals surface area contributed by atoms with Crippen LogP contribution in [0.2, 0.25) is 0 Å². The maximum Gasteiger partial charge on any atom is 0.228 e. The van der Waals surface area contributed by atoms with Gasteiger partial charge >= 0.3 is 0 Å². The number of hydrogen-bond acceptors (Lipinski definition) is 3. The first kappa shape index (κ1) is 15.8. The summed E-state index contributed by atoms with van der Waals surface area (Å²) in [6, 6.07) is 0. The highest BCUT2D eigenvalue weighted by molar-refractivity contribution is 5.88. The van der Waals surface area contributed by atoms with E-state index in [4.69, 9.17) is 4.74 Å². The standard InChI is InChI=1S/C17H28N2O3/c1-12-4-6-16(22-3,7-5-12)10-18-15(21)17-8-14(17)9-19(11-17)13(2)20/h12,14H,4-11H2,1-3H3,(H,18,21). The Balaban J connectivity index is 1.56. The molecular formula is C17H28N2O3. The molecule has 2 saturated carbocycles. The second-order valence-electron chi connectivity index (χ2n) is 7.71. The summed E-state index contributed by atoms with van der Waals surface area (Å²) in [6.07, 6.45) is 5.28. The van der Waals surface area contributed by atoms with Gasteiger partial charge in [-0.15, -0.1) is 0 Å². The fraction of sp³-hybridized carbons (Fsp3) is 0.882. The Kier molecular flexibility index (Phi) is 3.96. The lowest BCUT2D eigenvalue weighted by atomic mass is 9.79. The Labute approximate surface area is 132 Å². The van der Waals surface area contributed by atoms with Gasteiger partial charge in [-0.1, -0.05) is 6.92 Å². The van der Waals surface area contributed by atoms with Crippen LogP contribution in [-0.2, 0) is 14.3 Å². The monoisotopic (exact) mass is 308 g/mol. The van der Waals surface area contributed by atoms with Crippen molar-refractivity contribution >= 4 is 11.8 Å². The van der Waals surface area contributed by atoms with E-state index in [-0.39, 0.29) is 22.8 Å². The van der Waals surface area contributed by atoms with Gasteiger partial charge in [-0.2, -0.15) is 0 Å². The third-order valence-corrected chi connectivity index (χ3v) is 6.23. The first-order chi connectivity index (χ1) is 10.4. The van der Waals surface area contributed by atoms with E-state index in [0.717, 1.165) is 44.6 Å². The molecule has 2 aliphatic carbocycles. The van der Waals surface area contributed by atoms with Crippen molar-refractivity contribution in [2.75, 3.05) is 26.7 Å². The highest BCUT2D eigenvalue weighted by Crippen LogP contribution is 2.57. The number of nitrogens with one attached hydrogen (secondary N) is 1. The molecule has 1 heterocycles. The molecule has 0 radical (unpaired) electrons. The van der Waals surface area contributed by atoms with Crippen molar-refractivity contribution in [3.05, 3.63) is 0 Å². The van der Waals surface area contributed by atoms with Crippen molar-refractivity contribution in [3.63, 3.8) is 0 Å². The average Bonchev–Trinajstić information content (AvgIpc) is 3.09. The maximum absolute atomic E-state index is 12.6. The van der Waals surface area contributed by atoms with Crippen molar-refractivity contribution in [2.45, 2.75) is 51.6 Å². The molecule has 22 heavy (non-hydrogen) atoms. The van der Waals surface area contributed by atoms with E-state index < -0.39 is 0 Å². The van der Waals surface area contributed by atoms with E-state index in [1.165, 1.54) is 0 Å². The van der Waals surface area contributed by atoms with Gasteiger partial charge in [0.25, 0.3) is 0 Å². The summed E-state index contributed by atoms with van der Waals surface area (Å²) in [7, 11) is 1.76. The topological polar surface area (TPSA) is 58.6 Å². The molecule has 0 aromatic carbocycles. The van der Waals surface area contributed by atoms with Crippen molar-refractivity contribution in [1.29, 1.82) is 0 Å². The predicted octanol–water partition coefficient (Wildman–Crippen LogP) is 1.57. The van der Waals surface area contributed by atoms with E-state index in [9.17, 15) is 9.59 Å². The van der Waals surface area contributed by atoms with E-state index in [2.05, 4.69) is 12.2 Å². The molecule has 124 valence electrons. The Morgan fingerprint density at radius 3 is 2.55 bits per heavy atom. The second-order valence-corrected chi connectivity index (χ2v) is 7.71. The van der Waals surface area contributed by atoms with Gasteiger partial charge in [-0.05, 0) is 43.9 Å². The summed E-state index contributed by atoms with van der Waals surface area (Å²) in [5, 5.41) is 3.14. The highest BCUT2D eigenvalue weighted by Gasteiger charge is 2.65. The smallest absolute Gasteiger partial charge is 0.228 e. The summed E-state index contributed by atoms with van der Waals surface area (Å²) in [5.74, 6) is 1.32. The van der Waals surface area contributed by atoms with Crippen LogP contribution in [0.4, 0.5) is 0 Å². The number of nitrogens with zero attached hydrogens (tertiary/aromatic N) is 1. The molecule has 0 spiro atoms. The quantitative estimate of drug-likeness (QED) is 0.857. The van der Waals surface area contributed by atoms with Crippen LogP contribution in [0.15, 0.2) is 0 Å². The average molecular weight is 308 g/mol. The van der Waals surface area contributed by atoms with Crippen LogP contribution in [-0.4, -0.2) is 49.1 Å². The molecule has 1 aliphatic heterocycles. The number of hydrogen-bond donors (Lipinski definition) is 1. The molecule has 3 rings (SSSR count). The molecule has 0 aromatic rings. The van der Waals surface area contributed by atoms with Crippen LogP contribution >= 0.6 is 0 Å². The largest absolute Gasteiger partial charge is 0.376 e. The van der Waals surface area contributed by atoms with Crippen LogP contribution in [0.5, 0.6) is 0 Å². The van der Waals surface area contributed by atoms with Crippen molar-refractivity contribution in [2.24, 2.45) is 17.3 Å². The Bertz CT molecular complexity index is 471. The van der Waals surface area contributed by atoms with Gasteiger partial charge < -0.3 is 15.0 Å². The van der Waals surface area contributed by atoms with Gasteiger partial charge in [0.05, 0.1) is 11.0 Å². The summed E-state index contributed by atoms with van der Waals surface area (Å²) in [5.41, 5.74) is -0.495. The third-order valence-electron chi connectivity index (χ3n) is 6.23. The zero-order valence-corrected chi connectivity index (χ0v) is 14.0. The van der Waals surface area contributed by atoms with Crippen LogP contribution in [0.25, 0.3) is 0 Å². The normalized spacial score (nSPS) is 40.2. The fourth-order valence-corrected chi connectivity index (χ4v) is 4.23. The predicted molar refractivity (Wildman–Crippen MR) is 83.2 cm³/mol. The number of piperidine rings is 1. The number of ether oxygens (including phenoxy) is 1. The maximum atomic E-state index is 12.6. The van der Waals surface area contributed by atoms with Crippen LogP contribution in [0, 0.1) is 17.3 Å². The number of methoxy groups -OCH3 is 1. The Hall–Kier alpha value is -1.10. The fourth-order valence-electron chi connectivity index (χ4n) is 4.23. The number of carbonyl (C=O) groups is 2. The van der Waals surface area contributed by atoms with Gasteiger partial charge in [0.15, 0.2) is 0 Å². The molecule has 0 aromatic heterocycles. The Morgan fingerprint density at radius 2 is 2.00 bits per heavy atom. The molecule has 5 heteroatoms. The molecule has 3 fully saturated rings. The molecule has 3 aliphatic rings. The summed E-state index contributed by atoms with van der Waals surface area (Å²) >= 11 is 0. The first-order valence-corrected chi connectivity index (χ1v) is 8.50. The number of carbonyl (C=O) groups excluding carboxylic acids is 2. The highest BCUT2D eigenvalue weighted by atomic mass is 16.5. The summed E-state index contributed by atoms with van der Waals surface area (Å²) in [4.78, 5) is 25.9.